The number of pyridine rings is 1. The van der Waals surface area contributed by atoms with Crippen LogP contribution in [-0.4, -0.2) is 56.9 Å². The molecule has 18 heavy (non-hydrogen) atoms. The van der Waals surface area contributed by atoms with Gasteiger partial charge in [-0.2, -0.15) is 0 Å². The number of hydrogen-bond acceptors (Lipinski definition) is 5. The Morgan fingerprint density at radius 3 is 2.72 bits per heavy atom. The van der Waals surface area contributed by atoms with Crippen LogP contribution in [0.3, 0.4) is 0 Å². The third-order valence-electron chi connectivity index (χ3n) is 2.47. The van der Waals surface area contributed by atoms with Crippen molar-refractivity contribution in [3.63, 3.8) is 0 Å². The van der Waals surface area contributed by atoms with Crippen LogP contribution in [0.15, 0.2) is 18.5 Å². The minimum absolute atomic E-state index is 0.0464. The zero-order valence-electron chi connectivity index (χ0n) is 10.7. The Bertz CT molecular complexity index is 528. The minimum Gasteiger partial charge on any atom is -0.386 e. The Balaban J connectivity index is 2.80. The molecule has 100 valence electrons. The molecule has 0 atom stereocenters. The van der Waals surface area contributed by atoms with Gasteiger partial charge in [-0.3, -0.25) is 9.78 Å². The van der Waals surface area contributed by atoms with E-state index in [0.29, 0.717) is 11.3 Å². The highest BCUT2D eigenvalue weighted by molar-refractivity contribution is 7.90. The molecule has 1 amide bonds. The molecule has 0 spiro atoms. The standard InChI is InChI=1S/C11H17N3O3S/c1-12-10-8-13-5-4-9(10)11(15)14(2)6-7-18(3,16)17/h4-5,8,12H,6-7H2,1-3H3. The van der Waals surface area contributed by atoms with Gasteiger partial charge in [0.05, 0.1) is 23.2 Å². The quantitative estimate of drug-likeness (QED) is 0.830. The van der Waals surface area contributed by atoms with E-state index in [1.165, 1.54) is 11.1 Å². The van der Waals surface area contributed by atoms with Crippen LogP contribution in [0.1, 0.15) is 10.4 Å². The van der Waals surface area contributed by atoms with E-state index in [1.54, 1.807) is 26.4 Å². The van der Waals surface area contributed by atoms with E-state index < -0.39 is 9.84 Å². The lowest BCUT2D eigenvalue weighted by Gasteiger charge is -2.18. The molecule has 1 aromatic rings. The van der Waals surface area contributed by atoms with Crippen molar-refractivity contribution in [3.8, 4) is 0 Å². The summed E-state index contributed by atoms with van der Waals surface area (Å²) in [6, 6.07) is 1.60. The first kappa shape index (κ1) is 14.4. The van der Waals surface area contributed by atoms with Crippen LogP contribution < -0.4 is 5.32 Å². The fourth-order valence-electron chi connectivity index (χ4n) is 1.39. The van der Waals surface area contributed by atoms with E-state index in [0.717, 1.165) is 6.26 Å². The van der Waals surface area contributed by atoms with Gasteiger partial charge < -0.3 is 10.2 Å². The molecule has 1 N–H and O–H groups in total. The first-order valence-corrected chi connectivity index (χ1v) is 7.46. The van der Waals surface area contributed by atoms with Crippen molar-refractivity contribution >= 4 is 21.4 Å². The van der Waals surface area contributed by atoms with Gasteiger partial charge in [0.2, 0.25) is 0 Å². The first-order valence-electron chi connectivity index (χ1n) is 5.40. The Morgan fingerprint density at radius 1 is 1.50 bits per heavy atom. The molecule has 7 heteroatoms. The van der Waals surface area contributed by atoms with Crippen LogP contribution in [0.4, 0.5) is 5.69 Å². The van der Waals surface area contributed by atoms with E-state index in [9.17, 15) is 13.2 Å². The van der Waals surface area contributed by atoms with Crippen molar-refractivity contribution in [2.45, 2.75) is 0 Å². The molecule has 6 nitrogen and oxygen atoms in total. The average molecular weight is 271 g/mol. The van der Waals surface area contributed by atoms with Crippen LogP contribution in [0.25, 0.3) is 0 Å². The highest BCUT2D eigenvalue weighted by Gasteiger charge is 2.16. The summed E-state index contributed by atoms with van der Waals surface area (Å²) in [6.45, 7) is 0.170. The number of carbonyl (C=O) groups excluding carboxylic acids is 1. The summed E-state index contributed by atoms with van der Waals surface area (Å²) in [5.41, 5.74) is 1.09. The lowest BCUT2D eigenvalue weighted by atomic mass is 10.2. The van der Waals surface area contributed by atoms with Gasteiger partial charge in [-0.25, -0.2) is 8.42 Å². The van der Waals surface area contributed by atoms with Crippen molar-refractivity contribution in [2.75, 3.05) is 38.0 Å². The Morgan fingerprint density at radius 2 is 2.17 bits per heavy atom. The van der Waals surface area contributed by atoms with Crippen LogP contribution in [-0.2, 0) is 9.84 Å². The summed E-state index contributed by atoms with van der Waals surface area (Å²) in [7, 11) is 0.203. The summed E-state index contributed by atoms with van der Waals surface area (Å²) in [4.78, 5) is 17.4. The first-order chi connectivity index (χ1) is 8.35. The third kappa shape index (κ3) is 3.99. The van der Waals surface area contributed by atoms with Gasteiger partial charge in [0.25, 0.3) is 5.91 Å². The Kier molecular flexibility index (Phi) is 4.66. The SMILES string of the molecule is CNc1cnccc1C(=O)N(C)CCS(C)(=O)=O. The molecule has 0 bridgehead atoms. The smallest absolute Gasteiger partial charge is 0.255 e. The molecule has 0 unspecified atom stereocenters. The lowest BCUT2D eigenvalue weighted by Crippen LogP contribution is -2.31. The van der Waals surface area contributed by atoms with Crippen LogP contribution >= 0.6 is 0 Å². The van der Waals surface area contributed by atoms with Crippen molar-refractivity contribution < 1.29 is 13.2 Å². The number of rotatable bonds is 5. The van der Waals surface area contributed by atoms with Crippen LogP contribution in [0.5, 0.6) is 0 Å². The molecule has 0 aliphatic rings. The van der Waals surface area contributed by atoms with E-state index in [4.69, 9.17) is 0 Å². The molecular weight excluding hydrogens is 254 g/mol. The van der Waals surface area contributed by atoms with Crippen molar-refractivity contribution in [3.05, 3.63) is 24.0 Å². The molecule has 1 rings (SSSR count). The average Bonchev–Trinajstić information content (AvgIpc) is 2.34. The number of nitrogens with one attached hydrogen (secondary N) is 1. The second-order valence-electron chi connectivity index (χ2n) is 4.03. The largest absolute Gasteiger partial charge is 0.386 e. The number of nitrogens with zero attached hydrogens (tertiary/aromatic N) is 2. The summed E-state index contributed by atoms with van der Waals surface area (Å²) < 4.78 is 22.1. The van der Waals surface area contributed by atoms with E-state index in [2.05, 4.69) is 10.3 Å². The van der Waals surface area contributed by atoms with Gasteiger partial charge in [-0.15, -0.1) is 0 Å². The number of aromatic nitrogens is 1. The number of sulfone groups is 1. The molecule has 0 fully saturated rings. The van der Waals surface area contributed by atoms with Gasteiger partial charge in [0.1, 0.15) is 9.84 Å². The highest BCUT2D eigenvalue weighted by atomic mass is 32.2. The molecule has 0 saturated carbocycles. The van der Waals surface area contributed by atoms with E-state index >= 15 is 0 Å². The van der Waals surface area contributed by atoms with Crippen LogP contribution in [0, 0.1) is 0 Å². The fraction of sp³-hybridized carbons (Fsp3) is 0.455. The molecule has 0 radical (unpaired) electrons. The van der Waals surface area contributed by atoms with Gasteiger partial charge in [-0.05, 0) is 6.07 Å². The predicted octanol–water partition coefficient (Wildman–Crippen LogP) is 0.240. The summed E-state index contributed by atoms with van der Waals surface area (Å²) in [6.07, 6.45) is 4.23. The van der Waals surface area contributed by atoms with Gasteiger partial charge in [0, 0.05) is 33.1 Å². The second kappa shape index (κ2) is 5.81. The van der Waals surface area contributed by atoms with E-state index in [-0.39, 0.29) is 18.2 Å². The maximum absolute atomic E-state index is 12.1. The fourth-order valence-corrected chi connectivity index (χ4v) is 2.00. The molecule has 0 aliphatic carbocycles. The number of carbonyl (C=O) groups is 1. The molecule has 0 aromatic carbocycles. The number of amides is 1. The molecule has 1 heterocycles. The highest BCUT2D eigenvalue weighted by Crippen LogP contribution is 2.14. The third-order valence-corrected chi connectivity index (χ3v) is 3.39. The van der Waals surface area contributed by atoms with Crippen molar-refractivity contribution in [1.29, 1.82) is 0 Å². The van der Waals surface area contributed by atoms with E-state index in [1.807, 2.05) is 0 Å². The molecule has 1 aromatic heterocycles. The van der Waals surface area contributed by atoms with Crippen molar-refractivity contribution in [2.24, 2.45) is 0 Å². The zero-order chi connectivity index (χ0) is 13.8. The van der Waals surface area contributed by atoms with Crippen LogP contribution in [0.2, 0.25) is 0 Å². The monoisotopic (exact) mass is 271 g/mol. The summed E-state index contributed by atoms with van der Waals surface area (Å²) in [5, 5.41) is 2.88. The predicted molar refractivity (Wildman–Crippen MR) is 70.5 cm³/mol. The van der Waals surface area contributed by atoms with Crippen molar-refractivity contribution in [1.82, 2.24) is 9.88 Å². The Labute approximate surface area is 107 Å². The minimum atomic E-state index is -3.07. The van der Waals surface area contributed by atoms with Gasteiger partial charge in [-0.1, -0.05) is 0 Å². The second-order valence-corrected chi connectivity index (χ2v) is 6.29. The number of anilines is 1. The maximum Gasteiger partial charge on any atom is 0.255 e. The topological polar surface area (TPSA) is 79.4 Å². The zero-order valence-corrected chi connectivity index (χ0v) is 11.5. The normalized spacial score (nSPS) is 11.1. The number of hydrogen-bond donors (Lipinski definition) is 1. The molecule has 0 aliphatic heterocycles. The summed E-state index contributed by atoms with van der Waals surface area (Å²) in [5.74, 6) is -0.278. The molecule has 0 saturated heterocycles. The Hall–Kier alpha value is -1.63. The maximum atomic E-state index is 12.1. The lowest BCUT2D eigenvalue weighted by molar-refractivity contribution is 0.0804. The van der Waals surface area contributed by atoms with Gasteiger partial charge in [0.15, 0.2) is 0 Å². The summed E-state index contributed by atoms with van der Waals surface area (Å²) >= 11 is 0. The van der Waals surface area contributed by atoms with Gasteiger partial charge >= 0.3 is 0 Å². The molecular formula is C11H17N3O3S.